The molecule has 0 saturated heterocycles. The van der Waals surface area contributed by atoms with Crippen molar-refractivity contribution >= 4 is 6.47 Å². The normalized spacial score (nSPS) is 46.4. The molecule has 0 unspecified atom stereocenters. The van der Waals surface area contributed by atoms with Crippen molar-refractivity contribution in [3.05, 3.63) is 0 Å². The SMILES string of the molecule is CC1(C)[C@H]2CC[C@@]1(C)[C@H](OC=O)C2. The summed E-state index contributed by atoms with van der Waals surface area (Å²) < 4.78 is 5.19. The van der Waals surface area contributed by atoms with E-state index >= 15 is 0 Å². The topological polar surface area (TPSA) is 26.3 Å². The van der Waals surface area contributed by atoms with Crippen molar-refractivity contribution in [2.45, 2.75) is 46.1 Å². The van der Waals surface area contributed by atoms with Crippen molar-refractivity contribution in [1.82, 2.24) is 0 Å². The zero-order valence-electron chi connectivity index (χ0n) is 8.67. The number of ether oxygens (including phenoxy) is 1. The Morgan fingerprint density at radius 3 is 2.46 bits per heavy atom. The van der Waals surface area contributed by atoms with Gasteiger partial charge in [0, 0.05) is 5.41 Å². The van der Waals surface area contributed by atoms with Crippen LogP contribution in [-0.4, -0.2) is 12.6 Å². The second-order valence-electron chi connectivity index (χ2n) is 5.33. The molecular formula is C11H18O2. The van der Waals surface area contributed by atoms with Crippen molar-refractivity contribution < 1.29 is 9.53 Å². The Balaban J connectivity index is 2.27. The predicted molar refractivity (Wildman–Crippen MR) is 50.2 cm³/mol. The first-order valence-electron chi connectivity index (χ1n) is 5.11. The molecule has 2 rings (SSSR count). The number of hydrogen-bond acceptors (Lipinski definition) is 2. The van der Waals surface area contributed by atoms with Gasteiger partial charge >= 0.3 is 0 Å². The summed E-state index contributed by atoms with van der Waals surface area (Å²) in [7, 11) is 0. The fourth-order valence-electron chi connectivity index (χ4n) is 3.40. The summed E-state index contributed by atoms with van der Waals surface area (Å²) >= 11 is 0. The van der Waals surface area contributed by atoms with Crippen LogP contribution in [0.4, 0.5) is 0 Å². The molecule has 0 radical (unpaired) electrons. The average Bonchev–Trinajstić information content (AvgIpc) is 2.37. The van der Waals surface area contributed by atoms with Gasteiger partial charge < -0.3 is 4.74 Å². The van der Waals surface area contributed by atoms with Crippen molar-refractivity contribution in [3.63, 3.8) is 0 Å². The fourth-order valence-corrected chi connectivity index (χ4v) is 3.40. The molecule has 2 fully saturated rings. The second-order valence-corrected chi connectivity index (χ2v) is 5.33. The van der Waals surface area contributed by atoms with E-state index in [1.165, 1.54) is 12.8 Å². The van der Waals surface area contributed by atoms with Crippen molar-refractivity contribution in [2.24, 2.45) is 16.7 Å². The highest BCUT2D eigenvalue weighted by Crippen LogP contribution is 2.66. The van der Waals surface area contributed by atoms with E-state index < -0.39 is 0 Å². The van der Waals surface area contributed by atoms with E-state index in [4.69, 9.17) is 4.74 Å². The van der Waals surface area contributed by atoms with Crippen LogP contribution in [-0.2, 0) is 9.53 Å². The summed E-state index contributed by atoms with van der Waals surface area (Å²) in [4.78, 5) is 10.4. The first-order valence-corrected chi connectivity index (χ1v) is 5.11. The first kappa shape index (κ1) is 9.04. The highest BCUT2D eigenvalue weighted by atomic mass is 16.5. The van der Waals surface area contributed by atoms with E-state index in [1.54, 1.807) is 0 Å². The molecular weight excluding hydrogens is 164 g/mol. The lowest BCUT2D eigenvalue weighted by Gasteiger charge is -2.37. The van der Waals surface area contributed by atoms with Gasteiger partial charge in [-0.3, -0.25) is 4.79 Å². The van der Waals surface area contributed by atoms with Crippen molar-refractivity contribution in [1.29, 1.82) is 0 Å². The molecule has 2 saturated carbocycles. The van der Waals surface area contributed by atoms with Crippen LogP contribution in [0.2, 0.25) is 0 Å². The fraction of sp³-hybridized carbons (Fsp3) is 0.909. The van der Waals surface area contributed by atoms with Gasteiger partial charge in [0.25, 0.3) is 6.47 Å². The molecule has 0 aromatic heterocycles. The van der Waals surface area contributed by atoms with E-state index in [0.717, 1.165) is 12.3 Å². The van der Waals surface area contributed by atoms with Crippen LogP contribution in [0.3, 0.4) is 0 Å². The third kappa shape index (κ3) is 0.918. The summed E-state index contributed by atoms with van der Waals surface area (Å²) in [5.41, 5.74) is 0.569. The molecule has 0 aromatic carbocycles. The summed E-state index contributed by atoms with van der Waals surface area (Å²) in [6.45, 7) is 7.53. The Labute approximate surface area is 79.7 Å². The molecule has 13 heavy (non-hydrogen) atoms. The van der Waals surface area contributed by atoms with Crippen LogP contribution >= 0.6 is 0 Å². The Morgan fingerprint density at radius 1 is 1.38 bits per heavy atom. The first-order chi connectivity index (χ1) is 6.02. The Bertz CT molecular complexity index is 234. The van der Waals surface area contributed by atoms with Gasteiger partial charge in [0.05, 0.1) is 0 Å². The minimum atomic E-state index is 0.166. The minimum Gasteiger partial charge on any atom is -0.464 e. The van der Waals surface area contributed by atoms with Gasteiger partial charge in [0.15, 0.2) is 0 Å². The van der Waals surface area contributed by atoms with Gasteiger partial charge in [-0.15, -0.1) is 0 Å². The molecule has 0 spiro atoms. The molecule has 2 aliphatic rings. The zero-order valence-corrected chi connectivity index (χ0v) is 8.67. The summed E-state index contributed by atoms with van der Waals surface area (Å²) in [5.74, 6) is 0.752. The molecule has 0 N–H and O–H groups in total. The summed E-state index contributed by atoms with van der Waals surface area (Å²) in [6.07, 6.45) is 3.76. The van der Waals surface area contributed by atoms with Crippen molar-refractivity contribution in [2.75, 3.05) is 0 Å². The Hall–Kier alpha value is -0.530. The van der Waals surface area contributed by atoms with Crippen LogP contribution in [0.5, 0.6) is 0 Å². The van der Waals surface area contributed by atoms with Gasteiger partial charge in [-0.05, 0) is 30.6 Å². The van der Waals surface area contributed by atoms with Crippen LogP contribution in [0.1, 0.15) is 40.0 Å². The standard InChI is InChI=1S/C11H18O2/c1-10(2)8-4-5-11(10,3)9(6-8)13-7-12/h7-9H,4-6H2,1-3H3/t8-,9+,11-/m0/s1. The van der Waals surface area contributed by atoms with Crippen molar-refractivity contribution in [3.8, 4) is 0 Å². The van der Waals surface area contributed by atoms with E-state index in [1.807, 2.05) is 0 Å². The van der Waals surface area contributed by atoms with Crippen LogP contribution in [0.15, 0.2) is 0 Å². The number of rotatable bonds is 2. The molecule has 0 heterocycles. The third-order valence-corrected chi connectivity index (χ3v) is 4.93. The highest BCUT2D eigenvalue weighted by molar-refractivity contribution is 5.38. The lowest BCUT2D eigenvalue weighted by molar-refractivity contribution is -0.141. The van der Waals surface area contributed by atoms with Gasteiger partial charge in [0.2, 0.25) is 0 Å². The molecule has 2 heteroatoms. The largest absolute Gasteiger partial charge is 0.464 e. The molecule has 0 amide bonds. The quantitative estimate of drug-likeness (QED) is 0.613. The summed E-state index contributed by atoms with van der Waals surface area (Å²) in [6, 6.07) is 0. The average molecular weight is 182 g/mol. The lowest BCUT2D eigenvalue weighted by atomic mass is 9.70. The smallest absolute Gasteiger partial charge is 0.293 e. The van der Waals surface area contributed by atoms with E-state index in [2.05, 4.69) is 20.8 Å². The van der Waals surface area contributed by atoms with Crippen LogP contribution in [0.25, 0.3) is 0 Å². The van der Waals surface area contributed by atoms with Crippen LogP contribution < -0.4 is 0 Å². The van der Waals surface area contributed by atoms with Gasteiger partial charge in [-0.25, -0.2) is 0 Å². The number of fused-ring (bicyclic) bond motifs is 2. The van der Waals surface area contributed by atoms with Gasteiger partial charge in [0.1, 0.15) is 6.10 Å². The minimum absolute atomic E-state index is 0.166. The summed E-state index contributed by atoms with van der Waals surface area (Å²) in [5, 5.41) is 0. The molecule has 0 aliphatic heterocycles. The van der Waals surface area contributed by atoms with Gasteiger partial charge in [-0.2, -0.15) is 0 Å². The number of carbonyl (C=O) groups excluding carboxylic acids is 1. The highest BCUT2D eigenvalue weighted by Gasteiger charge is 2.62. The molecule has 0 aromatic rings. The van der Waals surface area contributed by atoms with E-state index in [0.29, 0.717) is 11.9 Å². The maximum Gasteiger partial charge on any atom is 0.293 e. The molecule has 74 valence electrons. The lowest BCUT2D eigenvalue weighted by Crippen LogP contribution is -2.36. The second kappa shape index (κ2) is 2.49. The maximum absolute atomic E-state index is 10.4. The Morgan fingerprint density at radius 2 is 2.08 bits per heavy atom. The zero-order chi connectivity index (χ0) is 9.69. The Kier molecular flexibility index (Phi) is 1.73. The maximum atomic E-state index is 10.4. The van der Waals surface area contributed by atoms with Crippen LogP contribution in [0, 0.1) is 16.7 Å². The van der Waals surface area contributed by atoms with Gasteiger partial charge in [-0.1, -0.05) is 20.8 Å². The molecule has 2 bridgehead atoms. The molecule has 2 nitrogen and oxygen atoms in total. The van der Waals surface area contributed by atoms with E-state index in [9.17, 15) is 4.79 Å². The van der Waals surface area contributed by atoms with E-state index in [-0.39, 0.29) is 11.5 Å². The number of hydrogen-bond donors (Lipinski definition) is 0. The molecule has 3 atom stereocenters. The number of carbonyl (C=O) groups is 1. The monoisotopic (exact) mass is 182 g/mol. The third-order valence-electron chi connectivity index (χ3n) is 4.93. The molecule has 2 aliphatic carbocycles. The predicted octanol–water partition coefficient (Wildman–Crippen LogP) is 2.37.